The number of hydrogen-bond donors (Lipinski definition) is 3. The first-order chi connectivity index (χ1) is 12.7. The average molecular weight is 397 g/mol. The zero-order valence-corrected chi connectivity index (χ0v) is 18.7. The number of amides is 1. The minimum atomic E-state index is -0.541. The van der Waals surface area contributed by atoms with Crippen LogP contribution in [0.1, 0.15) is 74.0 Å². The summed E-state index contributed by atoms with van der Waals surface area (Å²) in [5, 5.41) is 13.2. The molecule has 0 aliphatic heterocycles. The molecule has 1 amide bonds. The molecule has 1 heterocycles. The van der Waals surface area contributed by atoms with Gasteiger partial charge in [0.05, 0.1) is 5.54 Å². The van der Waals surface area contributed by atoms with Gasteiger partial charge >= 0.3 is 6.09 Å². The summed E-state index contributed by atoms with van der Waals surface area (Å²) < 4.78 is 10.6. The van der Waals surface area contributed by atoms with Gasteiger partial charge in [-0.1, -0.05) is 25.9 Å². The Morgan fingerprint density at radius 2 is 1.75 bits per heavy atom. The number of nitrogens with one attached hydrogen (secondary N) is 3. The van der Waals surface area contributed by atoms with Crippen molar-refractivity contribution < 1.29 is 14.1 Å². The van der Waals surface area contributed by atoms with Crippen molar-refractivity contribution in [2.24, 2.45) is 4.99 Å². The summed E-state index contributed by atoms with van der Waals surface area (Å²) in [6, 6.07) is 0. The van der Waals surface area contributed by atoms with Gasteiger partial charge in [-0.3, -0.25) is 0 Å². The number of aliphatic imine (C=N–C) groups is 1. The Hall–Kier alpha value is -2.32. The fourth-order valence-corrected chi connectivity index (χ4v) is 2.04. The van der Waals surface area contributed by atoms with Crippen LogP contribution in [0.3, 0.4) is 0 Å². The Balaban J connectivity index is 2.67. The predicted octanol–water partition coefficient (Wildman–Crippen LogP) is 2.73. The molecule has 9 nitrogen and oxygen atoms in total. The lowest BCUT2D eigenvalue weighted by molar-refractivity contribution is 0.0474. The summed E-state index contributed by atoms with van der Waals surface area (Å²) in [6.07, 6.45) is -0.456. The average Bonchev–Trinajstić information content (AvgIpc) is 2.96. The quantitative estimate of drug-likeness (QED) is 0.500. The molecule has 1 aromatic heterocycles. The minimum absolute atomic E-state index is 0.199. The molecule has 0 saturated heterocycles. The van der Waals surface area contributed by atoms with Crippen LogP contribution in [0.4, 0.5) is 4.79 Å². The van der Waals surface area contributed by atoms with Gasteiger partial charge in [-0.05, 0) is 41.5 Å². The number of carbonyl (C=O) groups is 1. The number of rotatable bonds is 6. The van der Waals surface area contributed by atoms with Crippen molar-refractivity contribution in [1.82, 2.24) is 26.1 Å². The van der Waals surface area contributed by atoms with E-state index in [2.05, 4.69) is 31.1 Å². The molecule has 9 heteroatoms. The van der Waals surface area contributed by atoms with Crippen LogP contribution in [0.5, 0.6) is 0 Å². The lowest BCUT2D eigenvalue weighted by Crippen LogP contribution is -2.54. The van der Waals surface area contributed by atoms with Gasteiger partial charge in [-0.25, -0.2) is 9.79 Å². The van der Waals surface area contributed by atoms with Gasteiger partial charge in [0.1, 0.15) is 12.1 Å². The van der Waals surface area contributed by atoms with E-state index in [4.69, 9.17) is 9.26 Å². The first-order valence-corrected chi connectivity index (χ1v) is 9.58. The molecule has 0 aromatic carbocycles. The number of guanidine groups is 1. The Labute approximate surface area is 168 Å². The molecule has 0 saturated carbocycles. The molecule has 0 aliphatic carbocycles. The molecule has 0 unspecified atom stereocenters. The van der Waals surface area contributed by atoms with Crippen molar-refractivity contribution >= 4 is 12.1 Å². The van der Waals surface area contributed by atoms with Crippen molar-refractivity contribution in [3.05, 3.63) is 11.7 Å². The highest BCUT2D eigenvalue weighted by Crippen LogP contribution is 2.19. The molecule has 0 bridgehead atoms. The first-order valence-electron chi connectivity index (χ1n) is 9.58. The van der Waals surface area contributed by atoms with Crippen LogP contribution in [0.25, 0.3) is 0 Å². The summed E-state index contributed by atoms with van der Waals surface area (Å²) in [7, 11) is 0. The third-order valence-electron chi connectivity index (χ3n) is 3.37. The molecule has 0 aliphatic rings. The van der Waals surface area contributed by atoms with E-state index in [-0.39, 0.29) is 12.0 Å². The van der Waals surface area contributed by atoms with Crippen LogP contribution in [0, 0.1) is 0 Å². The molecule has 28 heavy (non-hydrogen) atoms. The number of alkyl carbamates (subject to hydrolysis) is 1. The van der Waals surface area contributed by atoms with E-state index in [1.54, 1.807) is 0 Å². The van der Waals surface area contributed by atoms with Crippen LogP contribution in [0.15, 0.2) is 9.52 Å². The smallest absolute Gasteiger partial charge is 0.408 e. The Morgan fingerprint density at radius 3 is 2.25 bits per heavy atom. The molecule has 3 N–H and O–H groups in total. The van der Waals surface area contributed by atoms with E-state index >= 15 is 0 Å². The summed E-state index contributed by atoms with van der Waals surface area (Å²) in [5.41, 5.74) is -1.28. The molecular weight excluding hydrogens is 360 g/mol. The maximum atomic E-state index is 12.0. The monoisotopic (exact) mass is 396 g/mol. The topological polar surface area (TPSA) is 114 Å². The maximum absolute atomic E-state index is 12.0. The van der Waals surface area contributed by atoms with Crippen molar-refractivity contribution in [3.8, 4) is 0 Å². The second-order valence-electron chi connectivity index (χ2n) is 9.33. The van der Waals surface area contributed by atoms with Crippen molar-refractivity contribution in [2.45, 2.75) is 85.4 Å². The summed E-state index contributed by atoms with van der Waals surface area (Å²) in [6.45, 7) is 18.8. The number of carbonyl (C=O) groups excluding carboxylic acids is 1. The zero-order chi connectivity index (χ0) is 21.6. The molecule has 1 aromatic rings. The van der Waals surface area contributed by atoms with Gasteiger partial charge < -0.3 is 25.2 Å². The van der Waals surface area contributed by atoms with Gasteiger partial charge in [-0.2, -0.15) is 4.98 Å². The van der Waals surface area contributed by atoms with Crippen LogP contribution in [-0.2, 0) is 16.7 Å². The third-order valence-corrected chi connectivity index (χ3v) is 3.37. The van der Waals surface area contributed by atoms with E-state index < -0.39 is 17.2 Å². The Kier molecular flexibility index (Phi) is 7.84. The summed E-state index contributed by atoms with van der Waals surface area (Å²) in [5.74, 6) is 1.70. The van der Waals surface area contributed by atoms with Crippen molar-refractivity contribution in [3.63, 3.8) is 0 Å². The van der Waals surface area contributed by atoms with Gasteiger partial charge in [0, 0.05) is 18.5 Å². The summed E-state index contributed by atoms with van der Waals surface area (Å²) in [4.78, 5) is 20.9. The van der Waals surface area contributed by atoms with E-state index in [1.807, 2.05) is 62.3 Å². The van der Waals surface area contributed by atoms with Crippen LogP contribution in [0.2, 0.25) is 0 Å². The number of nitrogens with zero attached hydrogens (tertiary/aromatic N) is 3. The van der Waals surface area contributed by atoms with Gasteiger partial charge in [0.15, 0.2) is 11.8 Å². The molecule has 0 spiro atoms. The minimum Gasteiger partial charge on any atom is -0.444 e. The third kappa shape index (κ3) is 9.05. The highest BCUT2D eigenvalue weighted by molar-refractivity contribution is 5.80. The van der Waals surface area contributed by atoms with Gasteiger partial charge in [-0.15, -0.1) is 0 Å². The second-order valence-corrected chi connectivity index (χ2v) is 9.33. The van der Waals surface area contributed by atoms with Crippen molar-refractivity contribution in [2.75, 3.05) is 13.1 Å². The SMILES string of the molecule is CCNC(=NCc1noc(C(C)(C)C)n1)NCC(C)(C)NC(=O)OC(C)(C)C. The Morgan fingerprint density at radius 1 is 1.11 bits per heavy atom. The van der Waals surface area contributed by atoms with E-state index in [1.165, 1.54) is 0 Å². The Bertz CT molecular complexity index is 668. The number of ether oxygens (including phenoxy) is 1. The molecule has 0 radical (unpaired) electrons. The van der Waals surface area contributed by atoms with Crippen LogP contribution >= 0.6 is 0 Å². The highest BCUT2D eigenvalue weighted by Gasteiger charge is 2.25. The maximum Gasteiger partial charge on any atom is 0.408 e. The number of aromatic nitrogens is 2. The molecular formula is C19H36N6O3. The number of hydrogen-bond acceptors (Lipinski definition) is 6. The van der Waals surface area contributed by atoms with Gasteiger partial charge in [0.2, 0.25) is 5.89 Å². The largest absolute Gasteiger partial charge is 0.444 e. The lowest BCUT2D eigenvalue weighted by atomic mass is 9.97. The first kappa shape index (κ1) is 23.7. The molecule has 0 fully saturated rings. The van der Waals surface area contributed by atoms with E-state index in [9.17, 15) is 4.79 Å². The fraction of sp³-hybridized carbons (Fsp3) is 0.789. The van der Waals surface area contributed by atoms with E-state index in [0.717, 1.165) is 0 Å². The van der Waals surface area contributed by atoms with Crippen LogP contribution < -0.4 is 16.0 Å². The van der Waals surface area contributed by atoms with Crippen molar-refractivity contribution in [1.29, 1.82) is 0 Å². The fourth-order valence-electron chi connectivity index (χ4n) is 2.04. The lowest BCUT2D eigenvalue weighted by Gasteiger charge is -2.29. The van der Waals surface area contributed by atoms with Gasteiger partial charge in [0.25, 0.3) is 0 Å². The highest BCUT2D eigenvalue weighted by atomic mass is 16.6. The molecule has 0 atom stereocenters. The molecule has 160 valence electrons. The predicted molar refractivity (Wildman–Crippen MR) is 109 cm³/mol. The zero-order valence-electron chi connectivity index (χ0n) is 18.7. The summed E-state index contributed by atoms with van der Waals surface area (Å²) >= 11 is 0. The normalized spacial score (nSPS) is 13.2. The standard InChI is InChI=1S/C19H36N6O3/c1-10-20-15(21-11-13-23-14(28-25-13)17(2,3)4)22-12-19(8,9)24-16(26)27-18(5,6)7/h10-12H2,1-9H3,(H,24,26)(H2,20,21,22). The molecule has 1 rings (SSSR count). The van der Waals surface area contributed by atoms with Crippen LogP contribution in [-0.4, -0.2) is 46.4 Å². The van der Waals surface area contributed by atoms with E-state index in [0.29, 0.717) is 30.8 Å². The second kappa shape index (κ2) is 9.25.